The predicted octanol–water partition coefficient (Wildman–Crippen LogP) is -0.820. The fourth-order valence-corrected chi connectivity index (χ4v) is 0.491. The van der Waals surface area contributed by atoms with E-state index in [-0.39, 0.29) is 6.10 Å². The number of ether oxygens (including phenoxy) is 1. The molecular weight excluding hydrogens is 104 g/mol. The Balaban J connectivity index is 3.07. The first kappa shape index (κ1) is 7.88. The smallest absolute Gasteiger partial charge is 0.0817 e. The molecule has 0 heterocycles. The lowest BCUT2D eigenvalue weighted by Crippen LogP contribution is -2.32. The van der Waals surface area contributed by atoms with E-state index < -0.39 is 0 Å². The Morgan fingerprint density at radius 1 is 1.75 bits per heavy atom. The lowest BCUT2D eigenvalue weighted by atomic mass is 10.3. The summed E-state index contributed by atoms with van der Waals surface area (Å²) in [5.41, 5.74) is 5.30. The van der Waals surface area contributed by atoms with Crippen LogP contribution in [0, 0.1) is 0 Å². The summed E-state index contributed by atoms with van der Waals surface area (Å²) >= 11 is 0. The van der Waals surface area contributed by atoms with E-state index in [4.69, 9.17) is 10.5 Å². The van der Waals surface area contributed by atoms with E-state index in [2.05, 4.69) is 5.32 Å². The summed E-state index contributed by atoms with van der Waals surface area (Å²) in [4.78, 5) is 0. The number of nitrogens with two attached hydrogens (primary N) is 1. The molecule has 0 aliphatic rings. The Morgan fingerprint density at radius 2 is 2.38 bits per heavy atom. The second-order valence-corrected chi connectivity index (χ2v) is 1.65. The fraction of sp³-hybridized carbons (Fsp3) is 1.00. The molecule has 0 spiro atoms. The molecule has 0 aliphatic heterocycles. The van der Waals surface area contributed by atoms with Gasteiger partial charge in [-0.1, -0.05) is 0 Å². The normalized spacial score (nSPS) is 13.9. The van der Waals surface area contributed by atoms with Crippen molar-refractivity contribution in [3.05, 3.63) is 0 Å². The summed E-state index contributed by atoms with van der Waals surface area (Å²) in [6.07, 6.45) is 0.167. The van der Waals surface area contributed by atoms with Gasteiger partial charge in [-0.2, -0.15) is 0 Å². The Labute approximate surface area is 50.2 Å². The van der Waals surface area contributed by atoms with Crippen LogP contribution in [0.25, 0.3) is 0 Å². The average molecular weight is 118 g/mol. The van der Waals surface area contributed by atoms with Crippen molar-refractivity contribution in [3.8, 4) is 0 Å². The van der Waals surface area contributed by atoms with Crippen LogP contribution in [0.5, 0.6) is 0 Å². The number of methoxy groups -OCH3 is 1. The van der Waals surface area contributed by atoms with Crippen LogP contribution in [0.4, 0.5) is 0 Å². The first-order chi connectivity index (χ1) is 3.85. The van der Waals surface area contributed by atoms with Crippen LogP contribution in [0.1, 0.15) is 0 Å². The van der Waals surface area contributed by atoms with Gasteiger partial charge >= 0.3 is 0 Å². The zero-order valence-electron chi connectivity index (χ0n) is 5.48. The second-order valence-electron chi connectivity index (χ2n) is 1.65. The molecule has 3 nitrogen and oxygen atoms in total. The Morgan fingerprint density at radius 3 is 2.50 bits per heavy atom. The van der Waals surface area contributed by atoms with Crippen LogP contribution < -0.4 is 11.1 Å². The van der Waals surface area contributed by atoms with Crippen LogP contribution in [-0.4, -0.2) is 33.4 Å². The average Bonchev–Trinajstić information content (AvgIpc) is 1.83. The zero-order valence-corrected chi connectivity index (χ0v) is 5.48. The minimum absolute atomic E-state index is 0.167. The maximum atomic E-state index is 5.30. The van der Waals surface area contributed by atoms with Gasteiger partial charge < -0.3 is 15.8 Å². The van der Waals surface area contributed by atoms with E-state index in [9.17, 15) is 0 Å². The van der Waals surface area contributed by atoms with Gasteiger partial charge in [0.2, 0.25) is 0 Å². The molecule has 0 amide bonds. The number of likely N-dealkylation sites (N-methyl/N-ethyl adjacent to an activating group) is 1. The molecule has 0 bridgehead atoms. The van der Waals surface area contributed by atoms with Gasteiger partial charge in [0.25, 0.3) is 0 Å². The third-order valence-electron chi connectivity index (χ3n) is 1.03. The summed E-state index contributed by atoms with van der Waals surface area (Å²) in [5, 5.41) is 2.96. The summed E-state index contributed by atoms with van der Waals surface area (Å²) < 4.78 is 4.95. The van der Waals surface area contributed by atoms with Gasteiger partial charge in [-0.25, -0.2) is 0 Å². The first-order valence-corrected chi connectivity index (χ1v) is 2.72. The van der Waals surface area contributed by atoms with Crippen molar-refractivity contribution in [2.24, 2.45) is 5.73 Å². The molecule has 0 radical (unpaired) electrons. The van der Waals surface area contributed by atoms with Gasteiger partial charge in [0.05, 0.1) is 6.10 Å². The van der Waals surface area contributed by atoms with E-state index in [0.717, 1.165) is 6.54 Å². The topological polar surface area (TPSA) is 47.3 Å². The van der Waals surface area contributed by atoms with E-state index in [1.807, 2.05) is 7.05 Å². The van der Waals surface area contributed by atoms with Crippen molar-refractivity contribution in [1.82, 2.24) is 5.32 Å². The molecule has 8 heavy (non-hydrogen) atoms. The van der Waals surface area contributed by atoms with Crippen molar-refractivity contribution in [2.75, 3.05) is 27.2 Å². The highest BCUT2D eigenvalue weighted by Crippen LogP contribution is 1.80. The zero-order chi connectivity index (χ0) is 6.41. The molecule has 0 unspecified atom stereocenters. The molecule has 0 fully saturated rings. The fourth-order valence-electron chi connectivity index (χ4n) is 0.491. The van der Waals surface area contributed by atoms with Gasteiger partial charge in [0, 0.05) is 20.2 Å². The van der Waals surface area contributed by atoms with Crippen molar-refractivity contribution in [3.63, 3.8) is 0 Å². The molecule has 0 aromatic heterocycles. The van der Waals surface area contributed by atoms with Gasteiger partial charge in [-0.15, -0.1) is 0 Å². The van der Waals surface area contributed by atoms with Gasteiger partial charge in [-0.3, -0.25) is 0 Å². The molecule has 50 valence electrons. The van der Waals surface area contributed by atoms with Crippen molar-refractivity contribution in [2.45, 2.75) is 6.10 Å². The monoisotopic (exact) mass is 118 g/mol. The molecule has 0 saturated carbocycles. The van der Waals surface area contributed by atoms with Gasteiger partial charge in [-0.05, 0) is 7.05 Å². The predicted molar refractivity (Wildman–Crippen MR) is 33.8 cm³/mol. The third kappa shape index (κ3) is 2.96. The Hall–Kier alpha value is -0.120. The first-order valence-electron chi connectivity index (χ1n) is 2.72. The molecule has 3 heteroatoms. The van der Waals surface area contributed by atoms with E-state index in [0.29, 0.717) is 6.54 Å². The Bertz CT molecular complexity index is 45.7. The van der Waals surface area contributed by atoms with E-state index >= 15 is 0 Å². The SMILES string of the molecule is CNC[C@H](CN)OC. The lowest BCUT2D eigenvalue weighted by Gasteiger charge is -2.10. The number of nitrogens with one attached hydrogen (secondary N) is 1. The maximum absolute atomic E-state index is 5.30. The molecule has 0 saturated heterocycles. The third-order valence-corrected chi connectivity index (χ3v) is 1.03. The second kappa shape index (κ2) is 5.03. The molecule has 0 aromatic carbocycles. The van der Waals surface area contributed by atoms with Gasteiger partial charge in [0.15, 0.2) is 0 Å². The van der Waals surface area contributed by atoms with Crippen LogP contribution in [0.2, 0.25) is 0 Å². The molecule has 0 aromatic rings. The highest BCUT2D eigenvalue weighted by Gasteiger charge is 1.99. The Kier molecular flexibility index (Phi) is 4.95. The summed E-state index contributed by atoms with van der Waals surface area (Å²) in [5.74, 6) is 0. The maximum Gasteiger partial charge on any atom is 0.0817 e. The van der Waals surface area contributed by atoms with Crippen LogP contribution >= 0.6 is 0 Å². The van der Waals surface area contributed by atoms with Crippen molar-refractivity contribution >= 4 is 0 Å². The molecule has 0 rings (SSSR count). The number of hydrogen-bond acceptors (Lipinski definition) is 3. The molecule has 0 aliphatic carbocycles. The summed E-state index contributed by atoms with van der Waals surface area (Å²) in [7, 11) is 3.54. The largest absolute Gasteiger partial charge is 0.379 e. The summed E-state index contributed by atoms with van der Waals surface area (Å²) in [6.45, 7) is 1.41. The lowest BCUT2D eigenvalue weighted by molar-refractivity contribution is 0.110. The minimum Gasteiger partial charge on any atom is -0.379 e. The molecular formula is C5H14N2O. The quantitative estimate of drug-likeness (QED) is 0.507. The van der Waals surface area contributed by atoms with E-state index in [1.54, 1.807) is 7.11 Å². The van der Waals surface area contributed by atoms with Crippen molar-refractivity contribution < 1.29 is 4.74 Å². The van der Waals surface area contributed by atoms with E-state index in [1.165, 1.54) is 0 Å². The summed E-state index contributed by atoms with van der Waals surface area (Å²) in [6, 6.07) is 0. The minimum atomic E-state index is 0.167. The standard InChI is InChI=1S/C5H14N2O/c1-7-4-5(3-6)8-2/h5,7H,3-4,6H2,1-2H3/t5-/m0/s1. The molecule has 1 atom stereocenters. The van der Waals surface area contributed by atoms with Crippen molar-refractivity contribution in [1.29, 1.82) is 0 Å². The van der Waals surface area contributed by atoms with Crippen LogP contribution in [0.3, 0.4) is 0 Å². The van der Waals surface area contributed by atoms with Crippen LogP contribution in [-0.2, 0) is 4.74 Å². The highest BCUT2D eigenvalue weighted by atomic mass is 16.5. The number of rotatable bonds is 4. The number of hydrogen-bond donors (Lipinski definition) is 2. The van der Waals surface area contributed by atoms with Crippen LogP contribution in [0.15, 0.2) is 0 Å². The highest BCUT2D eigenvalue weighted by molar-refractivity contribution is 4.58. The van der Waals surface area contributed by atoms with Gasteiger partial charge in [0.1, 0.15) is 0 Å². The molecule has 3 N–H and O–H groups in total.